The van der Waals surface area contributed by atoms with Gasteiger partial charge < -0.3 is 25.5 Å². The molecule has 0 spiro atoms. The summed E-state index contributed by atoms with van der Waals surface area (Å²) < 4.78 is 0. The van der Waals surface area contributed by atoms with Gasteiger partial charge in [-0.2, -0.15) is 0 Å². The third-order valence-electron chi connectivity index (χ3n) is 5.66. The molecule has 2 unspecified atom stereocenters. The van der Waals surface area contributed by atoms with Crippen LogP contribution >= 0.6 is 0 Å². The van der Waals surface area contributed by atoms with Crippen molar-refractivity contribution in [3.05, 3.63) is 65.5 Å². The van der Waals surface area contributed by atoms with Crippen LogP contribution in [0.2, 0.25) is 0 Å². The van der Waals surface area contributed by atoms with Crippen LogP contribution in [0.15, 0.2) is 53.8 Å². The standard InChI is InChI=1S/C24H31BN4O5/c1-16(2)12-20(25(32)33)28-23(31)24(13-18-9-5-4-6-10-18)14-19(29-34-24)15-27-22(30)21-17(3)8-7-11-26-21/h4-11,16,20,32-33H,12-15H2,1-3H3,(H,27,30)(H,28,31). The number of oxime groups is 1. The molecule has 3 rings (SSSR count). The number of aromatic nitrogens is 1. The summed E-state index contributed by atoms with van der Waals surface area (Å²) in [6.07, 6.45) is 2.32. The first-order valence-electron chi connectivity index (χ1n) is 11.3. The summed E-state index contributed by atoms with van der Waals surface area (Å²) in [5.41, 5.74) is 1.07. The molecule has 0 fully saturated rings. The van der Waals surface area contributed by atoms with E-state index in [9.17, 15) is 19.6 Å². The number of rotatable bonds is 10. The minimum Gasteiger partial charge on any atom is -0.426 e. The number of carbonyl (C=O) groups excluding carboxylic acids is 2. The average molecular weight is 466 g/mol. The van der Waals surface area contributed by atoms with Crippen LogP contribution in [-0.4, -0.2) is 57.8 Å². The van der Waals surface area contributed by atoms with Crippen molar-refractivity contribution < 1.29 is 24.5 Å². The fraction of sp³-hybridized carbons (Fsp3) is 0.417. The Kier molecular flexibility index (Phi) is 8.41. The topological polar surface area (TPSA) is 133 Å². The first-order chi connectivity index (χ1) is 16.2. The molecule has 1 aromatic heterocycles. The first kappa shape index (κ1) is 25.4. The molecule has 2 aromatic rings. The number of carbonyl (C=O) groups is 2. The third kappa shape index (κ3) is 6.42. The molecule has 2 heterocycles. The van der Waals surface area contributed by atoms with Gasteiger partial charge in [-0.15, -0.1) is 0 Å². The fourth-order valence-electron chi connectivity index (χ4n) is 3.92. The maximum Gasteiger partial charge on any atom is 0.475 e. The lowest BCUT2D eigenvalue weighted by Gasteiger charge is -2.29. The zero-order valence-corrected chi connectivity index (χ0v) is 19.7. The number of benzene rings is 1. The number of hydrogen-bond acceptors (Lipinski definition) is 7. The van der Waals surface area contributed by atoms with Crippen LogP contribution in [0.1, 0.15) is 48.3 Å². The molecule has 34 heavy (non-hydrogen) atoms. The van der Waals surface area contributed by atoms with Gasteiger partial charge in [-0.1, -0.05) is 55.4 Å². The first-order valence-corrected chi connectivity index (χ1v) is 11.3. The molecule has 2 amide bonds. The summed E-state index contributed by atoms with van der Waals surface area (Å²) in [6.45, 7) is 5.76. The van der Waals surface area contributed by atoms with Crippen molar-refractivity contribution in [3.8, 4) is 0 Å². The lowest BCUT2D eigenvalue weighted by molar-refractivity contribution is -0.144. The molecule has 1 aliphatic heterocycles. The fourth-order valence-corrected chi connectivity index (χ4v) is 3.92. The number of nitrogens with zero attached hydrogens (tertiary/aromatic N) is 2. The number of hydrogen-bond donors (Lipinski definition) is 4. The van der Waals surface area contributed by atoms with Crippen LogP contribution in [0.4, 0.5) is 0 Å². The summed E-state index contributed by atoms with van der Waals surface area (Å²) in [4.78, 5) is 35.7. The van der Waals surface area contributed by atoms with E-state index in [-0.39, 0.29) is 31.2 Å². The van der Waals surface area contributed by atoms with Crippen LogP contribution in [-0.2, 0) is 16.1 Å². The molecule has 0 saturated heterocycles. The van der Waals surface area contributed by atoms with E-state index in [2.05, 4.69) is 20.8 Å². The Balaban J connectivity index is 1.73. The normalized spacial score (nSPS) is 18.1. The van der Waals surface area contributed by atoms with Gasteiger partial charge in [0, 0.05) is 19.0 Å². The molecule has 1 aromatic carbocycles. The quantitative estimate of drug-likeness (QED) is 0.392. The minimum absolute atomic E-state index is 0.0940. The van der Waals surface area contributed by atoms with E-state index in [0.717, 1.165) is 11.1 Å². The van der Waals surface area contributed by atoms with Gasteiger partial charge >= 0.3 is 7.12 Å². The van der Waals surface area contributed by atoms with E-state index in [0.29, 0.717) is 17.8 Å². The Morgan fingerprint density at radius 1 is 1.18 bits per heavy atom. The van der Waals surface area contributed by atoms with Crippen molar-refractivity contribution >= 4 is 24.6 Å². The summed E-state index contributed by atoms with van der Waals surface area (Å²) in [6, 6.07) is 12.9. The predicted octanol–water partition coefficient (Wildman–Crippen LogP) is 1.42. The Labute approximate surface area is 199 Å². The highest BCUT2D eigenvalue weighted by molar-refractivity contribution is 6.43. The molecular formula is C24H31BN4O5. The zero-order valence-electron chi connectivity index (χ0n) is 19.7. The number of aryl methyl sites for hydroxylation is 1. The van der Waals surface area contributed by atoms with E-state index in [1.165, 1.54) is 0 Å². The van der Waals surface area contributed by atoms with Crippen molar-refractivity contribution in [2.75, 3.05) is 6.54 Å². The maximum atomic E-state index is 13.4. The van der Waals surface area contributed by atoms with Crippen molar-refractivity contribution in [1.82, 2.24) is 15.6 Å². The molecule has 0 radical (unpaired) electrons. The van der Waals surface area contributed by atoms with Crippen molar-refractivity contribution in [3.63, 3.8) is 0 Å². The predicted molar refractivity (Wildman–Crippen MR) is 129 cm³/mol. The monoisotopic (exact) mass is 466 g/mol. The summed E-state index contributed by atoms with van der Waals surface area (Å²) in [7, 11) is -1.71. The largest absolute Gasteiger partial charge is 0.475 e. The van der Waals surface area contributed by atoms with Gasteiger partial charge in [-0.3, -0.25) is 14.6 Å². The summed E-state index contributed by atoms with van der Waals surface area (Å²) in [5, 5.41) is 29.2. The highest BCUT2D eigenvalue weighted by Crippen LogP contribution is 2.29. The van der Waals surface area contributed by atoms with E-state index in [4.69, 9.17) is 4.84 Å². The highest BCUT2D eigenvalue weighted by Gasteiger charge is 2.48. The van der Waals surface area contributed by atoms with Crippen LogP contribution in [0.5, 0.6) is 0 Å². The second-order valence-electron chi connectivity index (χ2n) is 9.06. The Bertz CT molecular complexity index is 1030. The van der Waals surface area contributed by atoms with Gasteiger partial charge in [0.25, 0.3) is 11.8 Å². The van der Waals surface area contributed by atoms with Gasteiger partial charge in [0.1, 0.15) is 5.69 Å². The minimum atomic E-state index is -1.71. The number of amides is 2. The third-order valence-corrected chi connectivity index (χ3v) is 5.66. The molecule has 0 saturated carbocycles. The van der Waals surface area contributed by atoms with Gasteiger partial charge in [-0.25, -0.2) is 0 Å². The van der Waals surface area contributed by atoms with E-state index in [1.807, 2.05) is 44.2 Å². The van der Waals surface area contributed by atoms with Gasteiger partial charge in [0.15, 0.2) is 0 Å². The molecule has 9 nitrogen and oxygen atoms in total. The SMILES string of the molecule is Cc1cccnc1C(=O)NCC1=NOC(Cc2ccccc2)(C(=O)NC(CC(C)C)B(O)O)C1. The van der Waals surface area contributed by atoms with Crippen molar-refractivity contribution in [2.24, 2.45) is 11.1 Å². The Hall–Kier alpha value is -3.24. The Morgan fingerprint density at radius 3 is 2.56 bits per heavy atom. The molecule has 1 aliphatic rings. The lowest BCUT2D eigenvalue weighted by Crippen LogP contribution is -2.56. The van der Waals surface area contributed by atoms with Crippen molar-refractivity contribution in [1.29, 1.82) is 0 Å². The molecule has 0 bridgehead atoms. The molecule has 2 atom stereocenters. The average Bonchev–Trinajstić information content (AvgIpc) is 3.21. The molecule has 10 heteroatoms. The summed E-state index contributed by atoms with van der Waals surface area (Å²) >= 11 is 0. The molecule has 0 aliphatic carbocycles. The zero-order chi connectivity index (χ0) is 24.7. The van der Waals surface area contributed by atoms with Crippen LogP contribution in [0, 0.1) is 12.8 Å². The smallest absolute Gasteiger partial charge is 0.426 e. The Morgan fingerprint density at radius 2 is 1.91 bits per heavy atom. The second kappa shape index (κ2) is 11.3. The number of nitrogens with one attached hydrogen (secondary N) is 2. The molecular weight excluding hydrogens is 435 g/mol. The number of pyridine rings is 1. The van der Waals surface area contributed by atoms with Gasteiger partial charge in [0.2, 0.25) is 5.60 Å². The van der Waals surface area contributed by atoms with Gasteiger partial charge in [-0.05, 0) is 36.5 Å². The van der Waals surface area contributed by atoms with Gasteiger partial charge in [0.05, 0.1) is 18.2 Å². The molecule has 180 valence electrons. The van der Waals surface area contributed by atoms with E-state index >= 15 is 0 Å². The van der Waals surface area contributed by atoms with E-state index in [1.54, 1.807) is 25.3 Å². The maximum absolute atomic E-state index is 13.4. The van der Waals surface area contributed by atoms with Crippen LogP contribution < -0.4 is 10.6 Å². The summed E-state index contributed by atoms with van der Waals surface area (Å²) in [5.74, 6) is -1.54. The van der Waals surface area contributed by atoms with Crippen molar-refractivity contribution in [2.45, 2.75) is 51.6 Å². The van der Waals surface area contributed by atoms with Crippen LogP contribution in [0.3, 0.4) is 0 Å². The highest BCUT2D eigenvalue weighted by atomic mass is 16.7. The second-order valence-corrected chi connectivity index (χ2v) is 9.06. The lowest BCUT2D eigenvalue weighted by atomic mass is 9.74. The molecule has 4 N–H and O–H groups in total. The van der Waals surface area contributed by atoms with E-state index < -0.39 is 24.6 Å². The van der Waals surface area contributed by atoms with Crippen LogP contribution in [0.25, 0.3) is 0 Å².